The van der Waals surface area contributed by atoms with Gasteiger partial charge in [-0.2, -0.15) is 0 Å². The molecule has 0 heterocycles. The number of rotatable bonds is 8. The molecule has 22 heavy (non-hydrogen) atoms. The SMILES string of the molecule is CCCCNC(=O)[C@@H]1[C@H](C(=O)NCCCC)[C@@H]2C=C[C@H]1CC2. The molecule has 0 spiro atoms. The number of carbonyl (C=O) groups is 2. The van der Waals surface area contributed by atoms with E-state index in [4.69, 9.17) is 0 Å². The standard InChI is InChI=1S/C18H30N2O2/c1-3-5-11-19-17(21)15-13-7-9-14(10-8-13)16(15)18(22)20-12-6-4-2/h7,9,13-16H,3-6,8,10-12H2,1-2H3,(H,19,21)(H,20,22)/t13-,14+,15-,16+. The molecule has 4 atom stereocenters. The molecule has 2 N–H and O–H groups in total. The van der Waals surface area contributed by atoms with E-state index in [2.05, 4.69) is 36.6 Å². The molecule has 0 saturated heterocycles. The fraction of sp³-hybridized carbons (Fsp3) is 0.778. The number of allylic oxidation sites excluding steroid dienone is 2. The van der Waals surface area contributed by atoms with Gasteiger partial charge in [-0.05, 0) is 37.5 Å². The van der Waals surface area contributed by atoms with Crippen molar-refractivity contribution in [3.8, 4) is 0 Å². The minimum atomic E-state index is -0.178. The number of fused-ring (bicyclic) bond motifs is 2. The maximum absolute atomic E-state index is 12.6. The van der Waals surface area contributed by atoms with Gasteiger partial charge in [0.2, 0.25) is 11.8 Å². The average Bonchev–Trinajstić information content (AvgIpc) is 2.55. The Morgan fingerprint density at radius 1 is 0.864 bits per heavy atom. The van der Waals surface area contributed by atoms with Crippen LogP contribution in [0.2, 0.25) is 0 Å². The summed E-state index contributed by atoms with van der Waals surface area (Å²) >= 11 is 0. The van der Waals surface area contributed by atoms with Crippen molar-refractivity contribution >= 4 is 11.8 Å². The number of hydrogen-bond acceptors (Lipinski definition) is 2. The topological polar surface area (TPSA) is 58.2 Å². The largest absolute Gasteiger partial charge is 0.356 e. The molecule has 1 fully saturated rings. The summed E-state index contributed by atoms with van der Waals surface area (Å²) in [7, 11) is 0. The second-order valence-electron chi connectivity index (χ2n) is 6.63. The van der Waals surface area contributed by atoms with Gasteiger partial charge in [0, 0.05) is 13.1 Å². The van der Waals surface area contributed by atoms with E-state index in [0.29, 0.717) is 0 Å². The molecule has 124 valence electrons. The summed E-state index contributed by atoms with van der Waals surface area (Å²) < 4.78 is 0. The molecule has 0 aromatic carbocycles. The third-order valence-corrected chi connectivity index (χ3v) is 5.01. The Morgan fingerprint density at radius 3 is 1.59 bits per heavy atom. The van der Waals surface area contributed by atoms with Crippen LogP contribution in [0.5, 0.6) is 0 Å². The van der Waals surface area contributed by atoms with Crippen LogP contribution in [0.15, 0.2) is 12.2 Å². The zero-order chi connectivity index (χ0) is 15.9. The zero-order valence-electron chi connectivity index (χ0n) is 13.9. The van der Waals surface area contributed by atoms with Crippen molar-refractivity contribution in [3.05, 3.63) is 12.2 Å². The summed E-state index contributed by atoms with van der Waals surface area (Å²) in [4.78, 5) is 25.2. The van der Waals surface area contributed by atoms with Crippen molar-refractivity contribution in [1.82, 2.24) is 10.6 Å². The smallest absolute Gasteiger partial charge is 0.224 e. The lowest BCUT2D eigenvalue weighted by molar-refractivity contribution is -0.140. The molecule has 0 aromatic rings. The number of nitrogens with one attached hydrogen (secondary N) is 2. The van der Waals surface area contributed by atoms with Crippen LogP contribution in [0.1, 0.15) is 52.4 Å². The normalized spacial score (nSPS) is 29.4. The van der Waals surface area contributed by atoms with E-state index in [1.807, 2.05) is 0 Å². The van der Waals surface area contributed by atoms with Gasteiger partial charge in [-0.3, -0.25) is 9.59 Å². The van der Waals surface area contributed by atoms with E-state index in [9.17, 15) is 9.59 Å². The first-order chi connectivity index (χ1) is 10.7. The van der Waals surface area contributed by atoms with E-state index >= 15 is 0 Å². The maximum atomic E-state index is 12.6. The average molecular weight is 306 g/mol. The summed E-state index contributed by atoms with van der Waals surface area (Å²) in [6.45, 7) is 5.66. The maximum Gasteiger partial charge on any atom is 0.224 e. The highest BCUT2D eigenvalue weighted by Gasteiger charge is 2.47. The van der Waals surface area contributed by atoms with Crippen LogP contribution in [-0.4, -0.2) is 24.9 Å². The van der Waals surface area contributed by atoms with Crippen molar-refractivity contribution in [3.63, 3.8) is 0 Å². The van der Waals surface area contributed by atoms with Crippen molar-refractivity contribution in [2.24, 2.45) is 23.7 Å². The van der Waals surface area contributed by atoms with Gasteiger partial charge >= 0.3 is 0 Å². The van der Waals surface area contributed by atoms with Gasteiger partial charge in [0.15, 0.2) is 0 Å². The van der Waals surface area contributed by atoms with Crippen LogP contribution < -0.4 is 10.6 Å². The summed E-state index contributed by atoms with van der Waals surface area (Å²) in [6.07, 6.45) is 10.5. The van der Waals surface area contributed by atoms with Crippen LogP contribution in [0.4, 0.5) is 0 Å². The van der Waals surface area contributed by atoms with Crippen molar-refractivity contribution in [1.29, 1.82) is 0 Å². The Labute approximate surface area is 134 Å². The summed E-state index contributed by atoms with van der Waals surface area (Å²) in [6, 6.07) is 0. The molecule has 0 unspecified atom stereocenters. The zero-order valence-corrected chi connectivity index (χ0v) is 13.9. The molecule has 4 nitrogen and oxygen atoms in total. The van der Waals surface area contributed by atoms with Gasteiger partial charge in [0.05, 0.1) is 11.8 Å². The third kappa shape index (κ3) is 3.90. The Balaban J connectivity index is 2.02. The molecule has 0 aromatic heterocycles. The van der Waals surface area contributed by atoms with Gasteiger partial charge in [0.1, 0.15) is 0 Å². The van der Waals surface area contributed by atoms with Gasteiger partial charge < -0.3 is 10.6 Å². The van der Waals surface area contributed by atoms with Crippen LogP contribution in [0.3, 0.4) is 0 Å². The van der Waals surface area contributed by atoms with E-state index in [-0.39, 0.29) is 35.5 Å². The third-order valence-electron chi connectivity index (χ3n) is 5.01. The predicted molar refractivity (Wildman–Crippen MR) is 88.2 cm³/mol. The quantitative estimate of drug-likeness (QED) is 0.535. The Kier molecular flexibility index (Phi) is 6.47. The summed E-state index contributed by atoms with van der Waals surface area (Å²) in [5, 5.41) is 6.07. The fourth-order valence-electron chi connectivity index (χ4n) is 3.72. The first-order valence-electron chi connectivity index (χ1n) is 8.92. The first-order valence-corrected chi connectivity index (χ1v) is 8.92. The van der Waals surface area contributed by atoms with Gasteiger partial charge in [0.25, 0.3) is 0 Å². The highest BCUT2D eigenvalue weighted by Crippen LogP contribution is 2.45. The van der Waals surface area contributed by atoms with Crippen molar-refractivity contribution in [2.45, 2.75) is 52.4 Å². The molecule has 0 aliphatic heterocycles. The van der Waals surface area contributed by atoms with E-state index in [1.54, 1.807) is 0 Å². The number of hydrogen-bond donors (Lipinski definition) is 2. The fourth-order valence-corrected chi connectivity index (χ4v) is 3.72. The molecule has 1 saturated carbocycles. The van der Waals surface area contributed by atoms with Crippen molar-refractivity contribution in [2.75, 3.05) is 13.1 Å². The Hall–Kier alpha value is -1.32. The monoisotopic (exact) mass is 306 g/mol. The number of unbranched alkanes of at least 4 members (excludes halogenated alkanes) is 2. The highest BCUT2D eigenvalue weighted by atomic mass is 16.2. The van der Waals surface area contributed by atoms with Crippen LogP contribution in [0.25, 0.3) is 0 Å². The second-order valence-corrected chi connectivity index (χ2v) is 6.63. The summed E-state index contributed by atoms with van der Waals surface area (Å²) in [5.74, 6) is 0.248. The number of carbonyl (C=O) groups excluding carboxylic acids is 2. The lowest BCUT2D eigenvalue weighted by Gasteiger charge is -2.43. The molecule has 0 radical (unpaired) electrons. The Bertz CT molecular complexity index is 381. The number of amides is 2. The predicted octanol–water partition coefficient (Wildman–Crippen LogP) is 2.65. The first kappa shape index (κ1) is 17.0. The van der Waals surface area contributed by atoms with E-state index in [0.717, 1.165) is 51.6 Å². The molecule has 3 aliphatic carbocycles. The van der Waals surface area contributed by atoms with Crippen LogP contribution >= 0.6 is 0 Å². The molecular weight excluding hydrogens is 276 g/mol. The molecule has 2 bridgehead atoms. The molecule has 3 aliphatic rings. The Morgan fingerprint density at radius 2 is 1.27 bits per heavy atom. The van der Waals surface area contributed by atoms with Crippen LogP contribution in [0, 0.1) is 23.7 Å². The minimum Gasteiger partial charge on any atom is -0.356 e. The van der Waals surface area contributed by atoms with E-state index in [1.165, 1.54) is 0 Å². The molecule has 3 rings (SSSR count). The molecular formula is C18H30N2O2. The lowest BCUT2D eigenvalue weighted by Crippen LogP contribution is -2.52. The lowest BCUT2D eigenvalue weighted by atomic mass is 9.61. The van der Waals surface area contributed by atoms with Gasteiger partial charge in [-0.15, -0.1) is 0 Å². The van der Waals surface area contributed by atoms with Gasteiger partial charge in [-0.25, -0.2) is 0 Å². The van der Waals surface area contributed by atoms with Crippen LogP contribution in [-0.2, 0) is 9.59 Å². The second kappa shape index (κ2) is 8.35. The van der Waals surface area contributed by atoms with E-state index < -0.39 is 0 Å². The van der Waals surface area contributed by atoms with Gasteiger partial charge in [-0.1, -0.05) is 38.8 Å². The summed E-state index contributed by atoms with van der Waals surface area (Å²) in [5.41, 5.74) is 0. The minimum absolute atomic E-state index is 0.0724. The molecule has 4 heteroatoms. The molecule has 2 amide bonds. The highest BCUT2D eigenvalue weighted by molar-refractivity contribution is 5.89. The van der Waals surface area contributed by atoms with Crippen molar-refractivity contribution < 1.29 is 9.59 Å².